The number of rotatable bonds is 7. The van der Waals surface area contributed by atoms with Gasteiger partial charge in [0.15, 0.2) is 11.5 Å². The Morgan fingerprint density at radius 2 is 1.86 bits per heavy atom. The summed E-state index contributed by atoms with van der Waals surface area (Å²) >= 11 is 6.20. The number of anilines is 1. The van der Waals surface area contributed by atoms with E-state index in [1.54, 1.807) is 35.2 Å². The van der Waals surface area contributed by atoms with Gasteiger partial charge in [-0.2, -0.15) is 0 Å². The van der Waals surface area contributed by atoms with Crippen LogP contribution in [0.1, 0.15) is 30.6 Å². The number of carbonyl (C=O) groups is 2. The van der Waals surface area contributed by atoms with Gasteiger partial charge >= 0.3 is 0 Å². The van der Waals surface area contributed by atoms with Crippen molar-refractivity contribution >= 4 is 29.1 Å². The van der Waals surface area contributed by atoms with E-state index < -0.39 is 6.04 Å². The lowest BCUT2D eigenvalue weighted by Gasteiger charge is -2.18. The summed E-state index contributed by atoms with van der Waals surface area (Å²) in [5.74, 6) is 0.593. The number of para-hydroxylation sites is 1. The molecule has 0 spiro atoms. The van der Waals surface area contributed by atoms with Crippen molar-refractivity contribution < 1.29 is 19.1 Å². The summed E-state index contributed by atoms with van der Waals surface area (Å²) in [6, 6.07) is 11.6. The molecule has 6 nitrogen and oxygen atoms in total. The standard InChI is InChI=1S/C21H23ClN2O4/c1-3-27-18-10-9-14(13-19(18)28-4-2)20(25)23-16-11-12-24(21(16)26)17-8-6-5-7-15(17)22/h5-10,13,16H,3-4,11-12H2,1-2H3,(H,23,25). The molecule has 28 heavy (non-hydrogen) atoms. The normalized spacial score (nSPS) is 16.2. The predicted octanol–water partition coefficient (Wildman–Crippen LogP) is 3.67. The maximum atomic E-state index is 12.7. The van der Waals surface area contributed by atoms with Crippen LogP contribution in [-0.2, 0) is 4.79 Å². The maximum Gasteiger partial charge on any atom is 0.252 e. The SMILES string of the molecule is CCOc1ccc(C(=O)NC2CCN(c3ccccc3Cl)C2=O)cc1OCC. The predicted molar refractivity (Wildman–Crippen MR) is 108 cm³/mol. The summed E-state index contributed by atoms with van der Waals surface area (Å²) in [6.07, 6.45) is 0.519. The van der Waals surface area contributed by atoms with Crippen LogP contribution in [0.2, 0.25) is 5.02 Å². The van der Waals surface area contributed by atoms with Crippen molar-refractivity contribution in [2.45, 2.75) is 26.3 Å². The van der Waals surface area contributed by atoms with Crippen molar-refractivity contribution in [1.29, 1.82) is 0 Å². The number of nitrogens with one attached hydrogen (secondary N) is 1. The molecule has 0 bridgehead atoms. The molecule has 7 heteroatoms. The molecule has 1 fully saturated rings. The molecular formula is C21H23ClN2O4. The lowest BCUT2D eigenvalue weighted by Crippen LogP contribution is -2.41. The van der Waals surface area contributed by atoms with Crippen LogP contribution < -0.4 is 19.7 Å². The van der Waals surface area contributed by atoms with Crippen molar-refractivity contribution in [3.05, 3.63) is 53.1 Å². The van der Waals surface area contributed by atoms with Gasteiger partial charge in [-0.25, -0.2) is 0 Å². The number of ether oxygens (including phenoxy) is 2. The lowest BCUT2D eigenvalue weighted by atomic mass is 10.1. The van der Waals surface area contributed by atoms with Crippen LogP contribution in [-0.4, -0.2) is 37.6 Å². The maximum absolute atomic E-state index is 12.7. The fourth-order valence-electron chi connectivity index (χ4n) is 3.16. The highest BCUT2D eigenvalue weighted by Gasteiger charge is 2.34. The molecule has 148 valence electrons. The molecule has 2 aromatic rings. The number of hydrogen-bond acceptors (Lipinski definition) is 4. The summed E-state index contributed by atoms with van der Waals surface area (Å²) in [7, 11) is 0. The van der Waals surface area contributed by atoms with E-state index in [9.17, 15) is 9.59 Å². The first kappa shape index (κ1) is 20.0. The molecule has 2 amide bonds. The van der Waals surface area contributed by atoms with Crippen molar-refractivity contribution in [3.63, 3.8) is 0 Å². The summed E-state index contributed by atoms with van der Waals surface area (Å²) in [6.45, 7) is 5.20. The van der Waals surface area contributed by atoms with Gasteiger partial charge in [-0.05, 0) is 50.6 Å². The second kappa shape index (κ2) is 8.97. The summed E-state index contributed by atoms with van der Waals surface area (Å²) in [4.78, 5) is 27.0. The first-order valence-corrected chi connectivity index (χ1v) is 9.69. The van der Waals surface area contributed by atoms with E-state index in [-0.39, 0.29) is 11.8 Å². The Balaban J connectivity index is 1.72. The third-order valence-corrected chi connectivity index (χ3v) is 4.78. The fraction of sp³-hybridized carbons (Fsp3) is 0.333. The van der Waals surface area contributed by atoms with Gasteiger partial charge in [-0.15, -0.1) is 0 Å². The molecule has 1 N–H and O–H groups in total. The van der Waals surface area contributed by atoms with E-state index in [0.717, 1.165) is 0 Å². The Morgan fingerprint density at radius 1 is 1.14 bits per heavy atom. The van der Waals surface area contributed by atoms with Crippen molar-refractivity contribution in [3.8, 4) is 11.5 Å². The highest BCUT2D eigenvalue weighted by Crippen LogP contribution is 2.30. The van der Waals surface area contributed by atoms with Crippen LogP contribution in [0, 0.1) is 0 Å². The summed E-state index contributed by atoms with van der Waals surface area (Å²) in [5, 5.41) is 3.33. The van der Waals surface area contributed by atoms with Gasteiger partial charge in [-0.1, -0.05) is 23.7 Å². The molecule has 1 atom stereocenters. The number of carbonyl (C=O) groups excluding carboxylic acids is 2. The van der Waals surface area contributed by atoms with Gasteiger partial charge in [0.2, 0.25) is 5.91 Å². The van der Waals surface area contributed by atoms with Gasteiger partial charge in [0, 0.05) is 12.1 Å². The average molecular weight is 403 g/mol. The largest absolute Gasteiger partial charge is 0.490 e. The average Bonchev–Trinajstić information content (AvgIpc) is 3.04. The third kappa shape index (κ3) is 4.22. The van der Waals surface area contributed by atoms with Crippen LogP contribution in [0.5, 0.6) is 11.5 Å². The Kier molecular flexibility index (Phi) is 6.41. The minimum Gasteiger partial charge on any atom is -0.490 e. The van der Waals surface area contributed by atoms with Crippen molar-refractivity contribution in [2.75, 3.05) is 24.7 Å². The molecule has 1 aliphatic rings. The summed E-state index contributed by atoms with van der Waals surface area (Å²) in [5.41, 5.74) is 1.07. The Hall–Kier alpha value is -2.73. The molecule has 0 radical (unpaired) electrons. The Morgan fingerprint density at radius 3 is 2.57 bits per heavy atom. The van der Waals surface area contributed by atoms with Gasteiger partial charge in [-0.3, -0.25) is 9.59 Å². The first-order valence-electron chi connectivity index (χ1n) is 9.31. The quantitative estimate of drug-likeness (QED) is 0.767. The molecule has 1 saturated heterocycles. The van der Waals surface area contributed by atoms with Gasteiger partial charge in [0.05, 0.1) is 23.9 Å². The topological polar surface area (TPSA) is 67.9 Å². The van der Waals surface area contributed by atoms with Crippen molar-refractivity contribution in [2.24, 2.45) is 0 Å². The lowest BCUT2D eigenvalue weighted by molar-refractivity contribution is -0.118. The molecule has 3 rings (SSSR count). The zero-order valence-corrected chi connectivity index (χ0v) is 16.7. The highest BCUT2D eigenvalue weighted by atomic mass is 35.5. The second-order valence-electron chi connectivity index (χ2n) is 6.28. The highest BCUT2D eigenvalue weighted by molar-refractivity contribution is 6.34. The number of amides is 2. The van der Waals surface area contributed by atoms with E-state index >= 15 is 0 Å². The van der Waals surface area contributed by atoms with E-state index in [1.807, 2.05) is 26.0 Å². The third-order valence-electron chi connectivity index (χ3n) is 4.46. The van der Waals surface area contributed by atoms with E-state index in [2.05, 4.69) is 5.32 Å². The summed E-state index contributed by atoms with van der Waals surface area (Å²) < 4.78 is 11.1. The van der Waals surface area contributed by atoms with E-state index in [0.29, 0.717) is 54.0 Å². The minimum absolute atomic E-state index is 0.169. The van der Waals surface area contributed by atoms with Crippen LogP contribution in [0.4, 0.5) is 5.69 Å². The van der Waals surface area contributed by atoms with Crippen LogP contribution in [0.15, 0.2) is 42.5 Å². The molecule has 0 aliphatic carbocycles. The molecule has 1 unspecified atom stereocenters. The van der Waals surface area contributed by atoms with Gasteiger partial charge in [0.25, 0.3) is 5.91 Å². The van der Waals surface area contributed by atoms with Crippen LogP contribution in [0.25, 0.3) is 0 Å². The Labute approximate surface area is 169 Å². The zero-order chi connectivity index (χ0) is 20.1. The number of halogens is 1. The monoisotopic (exact) mass is 402 g/mol. The molecule has 2 aromatic carbocycles. The minimum atomic E-state index is -0.592. The molecule has 1 aliphatic heterocycles. The van der Waals surface area contributed by atoms with Crippen molar-refractivity contribution in [1.82, 2.24) is 5.32 Å². The smallest absolute Gasteiger partial charge is 0.252 e. The Bertz CT molecular complexity index is 871. The van der Waals surface area contributed by atoms with E-state index in [4.69, 9.17) is 21.1 Å². The molecule has 0 saturated carbocycles. The van der Waals surface area contributed by atoms with Crippen LogP contribution in [0.3, 0.4) is 0 Å². The first-order chi connectivity index (χ1) is 13.5. The molecule has 0 aromatic heterocycles. The number of benzene rings is 2. The second-order valence-corrected chi connectivity index (χ2v) is 6.69. The fourth-order valence-corrected chi connectivity index (χ4v) is 3.40. The van der Waals surface area contributed by atoms with Gasteiger partial charge in [0.1, 0.15) is 6.04 Å². The number of hydrogen-bond donors (Lipinski definition) is 1. The van der Waals surface area contributed by atoms with Gasteiger partial charge < -0.3 is 19.7 Å². The molecule has 1 heterocycles. The number of nitrogens with zero attached hydrogens (tertiary/aromatic N) is 1. The van der Waals surface area contributed by atoms with Crippen LogP contribution >= 0.6 is 11.6 Å². The molecular weight excluding hydrogens is 380 g/mol. The van der Waals surface area contributed by atoms with E-state index in [1.165, 1.54) is 0 Å². The zero-order valence-electron chi connectivity index (χ0n) is 15.9.